The summed E-state index contributed by atoms with van der Waals surface area (Å²) in [7, 11) is 0. The third-order valence-corrected chi connectivity index (χ3v) is 4.73. The van der Waals surface area contributed by atoms with E-state index in [1.54, 1.807) is 26.0 Å². The summed E-state index contributed by atoms with van der Waals surface area (Å²) < 4.78 is 15.7. The molecule has 6 nitrogen and oxygen atoms in total. The highest BCUT2D eigenvalue weighted by molar-refractivity contribution is 6.30. The second-order valence-electron chi connectivity index (χ2n) is 6.98. The van der Waals surface area contributed by atoms with E-state index in [1.807, 2.05) is 24.3 Å². The van der Waals surface area contributed by atoms with Crippen LogP contribution in [0.1, 0.15) is 31.0 Å². The standard InChI is InChI=1S/C21H22ClFN4O2/c1-14(2)27-20(28)25-19(24-12-11-15-3-7-17(22)8-4-15)26(21(27)29)13-16-5-9-18(23)10-6-16/h3-10,14H,11-13H2,1-2H3,(H,24,25,28). The number of nitrogens with one attached hydrogen (secondary N) is 1. The maximum absolute atomic E-state index is 13.2. The number of nitrogens with zero attached hydrogens (tertiary/aromatic N) is 3. The van der Waals surface area contributed by atoms with E-state index in [1.165, 1.54) is 16.7 Å². The highest BCUT2D eigenvalue weighted by Crippen LogP contribution is 2.11. The Hall–Kier alpha value is -2.93. The second-order valence-corrected chi connectivity index (χ2v) is 7.42. The Morgan fingerprint density at radius 2 is 1.66 bits per heavy atom. The molecule has 0 saturated heterocycles. The first-order valence-electron chi connectivity index (χ1n) is 9.31. The van der Waals surface area contributed by atoms with Gasteiger partial charge in [-0.3, -0.25) is 4.57 Å². The van der Waals surface area contributed by atoms with Gasteiger partial charge in [0.25, 0.3) is 0 Å². The molecular weight excluding hydrogens is 395 g/mol. The smallest absolute Gasteiger partial charge is 0.355 e. The number of halogens is 2. The van der Waals surface area contributed by atoms with Crippen LogP contribution < -0.4 is 16.7 Å². The normalized spacial score (nSPS) is 11.1. The summed E-state index contributed by atoms with van der Waals surface area (Å²) in [6, 6.07) is 13.0. The van der Waals surface area contributed by atoms with Crippen molar-refractivity contribution >= 4 is 17.5 Å². The van der Waals surface area contributed by atoms with Crippen LogP contribution in [0.2, 0.25) is 5.02 Å². The molecule has 3 rings (SSSR count). The fraction of sp³-hybridized carbons (Fsp3) is 0.286. The van der Waals surface area contributed by atoms with Crippen molar-refractivity contribution in [3.63, 3.8) is 0 Å². The first-order chi connectivity index (χ1) is 13.8. The van der Waals surface area contributed by atoms with E-state index in [-0.39, 0.29) is 24.4 Å². The van der Waals surface area contributed by atoms with Crippen molar-refractivity contribution in [2.75, 3.05) is 11.9 Å². The van der Waals surface area contributed by atoms with Crippen LogP contribution in [0.25, 0.3) is 0 Å². The van der Waals surface area contributed by atoms with Crippen molar-refractivity contribution in [2.24, 2.45) is 0 Å². The third-order valence-electron chi connectivity index (χ3n) is 4.48. The molecule has 8 heteroatoms. The minimum atomic E-state index is -0.602. The van der Waals surface area contributed by atoms with Gasteiger partial charge in [-0.25, -0.2) is 18.5 Å². The van der Waals surface area contributed by atoms with E-state index in [4.69, 9.17) is 11.6 Å². The highest BCUT2D eigenvalue weighted by Gasteiger charge is 2.15. The molecule has 0 aliphatic heterocycles. The van der Waals surface area contributed by atoms with E-state index in [2.05, 4.69) is 10.3 Å². The van der Waals surface area contributed by atoms with Gasteiger partial charge in [0, 0.05) is 17.6 Å². The largest absolute Gasteiger partial charge is 0.355 e. The molecule has 152 valence electrons. The third kappa shape index (κ3) is 5.12. The van der Waals surface area contributed by atoms with Crippen LogP contribution in [-0.4, -0.2) is 20.7 Å². The Morgan fingerprint density at radius 1 is 1.03 bits per heavy atom. The lowest BCUT2D eigenvalue weighted by molar-refractivity contribution is 0.496. The van der Waals surface area contributed by atoms with Gasteiger partial charge in [-0.15, -0.1) is 0 Å². The van der Waals surface area contributed by atoms with Crippen LogP contribution in [0.5, 0.6) is 0 Å². The highest BCUT2D eigenvalue weighted by atomic mass is 35.5. The monoisotopic (exact) mass is 416 g/mol. The van der Waals surface area contributed by atoms with E-state index in [9.17, 15) is 14.0 Å². The zero-order valence-electron chi connectivity index (χ0n) is 16.2. The number of hydrogen-bond acceptors (Lipinski definition) is 4. The van der Waals surface area contributed by atoms with E-state index < -0.39 is 11.4 Å². The van der Waals surface area contributed by atoms with Crippen molar-refractivity contribution < 1.29 is 4.39 Å². The van der Waals surface area contributed by atoms with Crippen molar-refractivity contribution in [3.05, 3.63) is 91.5 Å². The van der Waals surface area contributed by atoms with Crippen LogP contribution in [0, 0.1) is 5.82 Å². The molecule has 0 aliphatic carbocycles. The Bertz CT molecular complexity index is 1090. The number of anilines is 1. The molecule has 1 N–H and O–H groups in total. The van der Waals surface area contributed by atoms with E-state index >= 15 is 0 Å². The summed E-state index contributed by atoms with van der Waals surface area (Å²) in [6.07, 6.45) is 0.664. The molecule has 0 aliphatic rings. The molecule has 0 radical (unpaired) electrons. The van der Waals surface area contributed by atoms with Crippen LogP contribution in [0.3, 0.4) is 0 Å². The summed E-state index contributed by atoms with van der Waals surface area (Å²) in [5.41, 5.74) is 0.725. The van der Waals surface area contributed by atoms with Gasteiger partial charge in [-0.05, 0) is 55.7 Å². The summed E-state index contributed by atoms with van der Waals surface area (Å²) >= 11 is 5.90. The topological polar surface area (TPSA) is 68.9 Å². The number of aromatic nitrogens is 3. The molecule has 0 atom stereocenters. The van der Waals surface area contributed by atoms with E-state index in [0.29, 0.717) is 18.0 Å². The molecule has 2 aromatic carbocycles. The van der Waals surface area contributed by atoms with Gasteiger partial charge in [-0.2, -0.15) is 4.98 Å². The van der Waals surface area contributed by atoms with Crippen LogP contribution in [-0.2, 0) is 13.0 Å². The van der Waals surface area contributed by atoms with Crippen molar-refractivity contribution in [1.29, 1.82) is 0 Å². The summed E-state index contributed by atoms with van der Waals surface area (Å²) in [5.74, 6) is -0.164. The summed E-state index contributed by atoms with van der Waals surface area (Å²) in [6.45, 7) is 4.14. The molecule has 1 aromatic heterocycles. The fourth-order valence-electron chi connectivity index (χ4n) is 2.97. The Morgan fingerprint density at radius 3 is 2.28 bits per heavy atom. The first-order valence-corrected chi connectivity index (χ1v) is 9.69. The van der Waals surface area contributed by atoms with Crippen molar-refractivity contribution in [3.8, 4) is 0 Å². The summed E-state index contributed by atoms with van der Waals surface area (Å²) in [5, 5.41) is 3.75. The fourth-order valence-corrected chi connectivity index (χ4v) is 3.09. The van der Waals surface area contributed by atoms with Gasteiger partial charge in [0.15, 0.2) is 0 Å². The molecular formula is C21H22ClFN4O2. The molecule has 0 unspecified atom stereocenters. The molecule has 29 heavy (non-hydrogen) atoms. The second kappa shape index (κ2) is 9.05. The Balaban J connectivity index is 1.89. The molecule has 0 fully saturated rings. The average Bonchev–Trinajstić information content (AvgIpc) is 2.67. The van der Waals surface area contributed by atoms with Gasteiger partial charge in [-0.1, -0.05) is 35.9 Å². The predicted molar refractivity (Wildman–Crippen MR) is 112 cm³/mol. The molecule has 0 amide bonds. The number of benzene rings is 2. The van der Waals surface area contributed by atoms with Gasteiger partial charge in [0.2, 0.25) is 5.95 Å². The Kier molecular flexibility index (Phi) is 6.49. The molecule has 1 heterocycles. The predicted octanol–water partition coefficient (Wildman–Crippen LogP) is 3.48. The lowest BCUT2D eigenvalue weighted by Gasteiger charge is -2.17. The maximum atomic E-state index is 13.2. The zero-order chi connectivity index (χ0) is 21.0. The minimum absolute atomic E-state index is 0.169. The number of hydrogen-bond donors (Lipinski definition) is 1. The summed E-state index contributed by atoms with van der Waals surface area (Å²) in [4.78, 5) is 29.4. The molecule has 0 spiro atoms. The molecule has 0 bridgehead atoms. The SMILES string of the molecule is CC(C)n1c(=O)nc(NCCc2ccc(Cl)cc2)n(Cc2ccc(F)cc2)c1=O. The zero-order valence-corrected chi connectivity index (χ0v) is 17.0. The maximum Gasteiger partial charge on any atom is 0.355 e. The Labute approximate surface area is 172 Å². The lowest BCUT2D eigenvalue weighted by Crippen LogP contribution is -2.44. The van der Waals surface area contributed by atoms with Gasteiger partial charge >= 0.3 is 11.4 Å². The van der Waals surface area contributed by atoms with Crippen LogP contribution >= 0.6 is 11.6 Å². The van der Waals surface area contributed by atoms with Crippen molar-refractivity contribution in [1.82, 2.24) is 14.1 Å². The quantitative estimate of drug-likeness (QED) is 0.640. The lowest BCUT2D eigenvalue weighted by atomic mass is 10.1. The van der Waals surface area contributed by atoms with Gasteiger partial charge < -0.3 is 5.32 Å². The first kappa shape index (κ1) is 20.8. The van der Waals surface area contributed by atoms with Gasteiger partial charge in [0.05, 0.1) is 6.54 Å². The average molecular weight is 417 g/mol. The molecule has 3 aromatic rings. The minimum Gasteiger partial charge on any atom is -0.355 e. The van der Waals surface area contributed by atoms with E-state index in [0.717, 1.165) is 15.7 Å². The van der Waals surface area contributed by atoms with Gasteiger partial charge in [0.1, 0.15) is 5.82 Å². The van der Waals surface area contributed by atoms with Crippen molar-refractivity contribution in [2.45, 2.75) is 32.9 Å². The van der Waals surface area contributed by atoms with Crippen LogP contribution in [0.4, 0.5) is 10.3 Å². The van der Waals surface area contributed by atoms with Crippen LogP contribution in [0.15, 0.2) is 58.1 Å². The molecule has 0 saturated carbocycles. The number of rotatable bonds is 7.